The third-order valence-corrected chi connectivity index (χ3v) is 5.23. The van der Waals surface area contributed by atoms with E-state index in [2.05, 4.69) is 32.2 Å². The fraction of sp³-hybridized carbons (Fsp3) is 0.526. The fourth-order valence-corrected chi connectivity index (χ4v) is 3.80. The van der Waals surface area contributed by atoms with Crippen LogP contribution < -0.4 is 5.32 Å². The average Bonchev–Trinajstić information content (AvgIpc) is 2.79. The van der Waals surface area contributed by atoms with Crippen LogP contribution in [0.15, 0.2) is 24.3 Å². The molecule has 2 aromatic rings. The van der Waals surface area contributed by atoms with Crippen LogP contribution in [0.3, 0.4) is 0 Å². The van der Waals surface area contributed by atoms with Gasteiger partial charge in [-0.25, -0.2) is 0 Å². The summed E-state index contributed by atoms with van der Waals surface area (Å²) < 4.78 is 2.29. The zero-order chi connectivity index (χ0) is 16.4. The predicted octanol–water partition coefficient (Wildman–Crippen LogP) is 2.39. The first-order valence-corrected chi connectivity index (χ1v) is 9.09. The van der Waals surface area contributed by atoms with Gasteiger partial charge < -0.3 is 9.88 Å². The van der Waals surface area contributed by atoms with Crippen LogP contribution in [0.25, 0.3) is 0 Å². The van der Waals surface area contributed by atoms with Crippen molar-refractivity contribution >= 4 is 5.91 Å². The zero-order valence-corrected chi connectivity index (χ0v) is 14.0. The van der Waals surface area contributed by atoms with Crippen molar-refractivity contribution in [2.45, 2.75) is 57.4 Å². The molecule has 24 heavy (non-hydrogen) atoms. The SMILES string of the molecule is O=C(NCCCc1nnc2n1CCCCC2)C1Cc2ccccc21. The van der Waals surface area contributed by atoms with E-state index >= 15 is 0 Å². The number of carbonyl (C=O) groups is 1. The molecule has 0 saturated heterocycles. The molecule has 1 amide bonds. The molecule has 2 heterocycles. The first-order valence-electron chi connectivity index (χ1n) is 9.09. The number of hydrogen-bond donors (Lipinski definition) is 1. The second kappa shape index (κ2) is 6.75. The highest BCUT2D eigenvalue weighted by Crippen LogP contribution is 2.34. The third kappa shape index (κ3) is 2.95. The van der Waals surface area contributed by atoms with Crippen LogP contribution in [-0.4, -0.2) is 27.2 Å². The first kappa shape index (κ1) is 15.4. The smallest absolute Gasteiger partial charge is 0.227 e. The zero-order valence-electron chi connectivity index (χ0n) is 14.0. The highest BCUT2D eigenvalue weighted by molar-refractivity contribution is 5.86. The molecular formula is C19H24N4O. The van der Waals surface area contributed by atoms with Crippen LogP contribution in [0, 0.1) is 0 Å². The van der Waals surface area contributed by atoms with Gasteiger partial charge >= 0.3 is 0 Å². The monoisotopic (exact) mass is 324 g/mol. The van der Waals surface area contributed by atoms with Gasteiger partial charge in [0.25, 0.3) is 0 Å². The number of rotatable bonds is 5. The van der Waals surface area contributed by atoms with Gasteiger partial charge in [0.2, 0.25) is 5.91 Å². The van der Waals surface area contributed by atoms with E-state index < -0.39 is 0 Å². The van der Waals surface area contributed by atoms with Gasteiger partial charge in [-0.2, -0.15) is 0 Å². The van der Waals surface area contributed by atoms with Crippen molar-refractivity contribution in [3.05, 3.63) is 47.0 Å². The predicted molar refractivity (Wildman–Crippen MR) is 91.8 cm³/mol. The summed E-state index contributed by atoms with van der Waals surface area (Å²) in [5, 5.41) is 11.8. The van der Waals surface area contributed by atoms with Gasteiger partial charge in [0.05, 0.1) is 5.92 Å². The van der Waals surface area contributed by atoms with Gasteiger partial charge in [-0.05, 0) is 36.8 Å². The molecule has 1 unspecified atom stereocenters. The van der Waals surface area contributed by atoms with Crippen LogP contribution in [0.2, 0.25) is 0 Å². The fourth-order valence-electron chi connectivity index (χ4n) is 3.80. The van der Waals surface area contributed by atoms with Gasteiger partial charge in [0.15, 0.2) is 0 Å². The molecule has 1 N–H and O–H groups in total. The summed E-state index contributed by atoms with van der Waals surface area (Å²) in [6.45, 7) is 1.75. The first-order chi connectivity index (χ1) is 11.8. The van der Waals surface area contributed by atoms with E-state index in [9.17, 15) is 4.79 Å². The molecule has 5 heteroatoms. The lowest BCUT2D eigenvalue weighted by Gasteiger charge is -2.28. The Bertz CT molecular complexity index is 737. The van der Waals surface area contributed by atoms with E-state index in [0.29, 0.717) is 6.54 Å². The number of amides is 1. The molecule has 0 spiro atoms. The second-order valence-corrected chi connectivity index (χ2v) is 6.84. The van der Waals surface area contributed by atoms with Crippen LogP contribution in [0.4, 0.5) is 0 Å². The van der Waals surface area contributed by atoms with E-state index in [1.165, 1.54) is 30.4 Å². The molecule has 4 rings (SSSR count). The number of aryl methyl sites for hydroxylation is 2. The molecule has 5 nitrogen and oxygen atoms in total. The Kier molecular flexibility index (Phi) is 4.32. The van der Waals surface area contributed by atoms with Gasteiger partial charge in [-0.1, -0.05) is 30.7 Å². The molecule has 1 aromatic carbocycles. The highest BCUT2D eigenvalue weighted by Gasteiger charge is 2.31. The summed E-state index contributed by atoms with van der Waals surface area (Å²) in [5.41, 5.74) is 2.50. The molecule has 0 saturated carbocycles. The minimum absolute atomic E-state index is 0.0468. The van der Waals surface area contributed by atoms with Gasteiger partial charge in [0, 0.05) is 25.9 Å². The number of aromatic nitrogens is 3. The Morgan fingerprint density at radius 1 is 1.21 bits per heavy atom. The molecular weight excluding hydrogens is 300 g/mol. The van der Waals surface area contributed by atoms with E-state index in [1.807, 2.05) is 12.1 Å². The Morgan fingerprint density at radius 3 is 3.04 bits per heavy atom. The molecule has 2 aliphatic rings. The van der Waals surface area contributed by atoms with E-state index in [0.717, 1.165) is 43.9 Å². The van der Waals surface area contributed by atoms with Crippen molar-refractivity contribution in [2.75, 3.05) is 6.54 Å². The summed E-state index contributed by atoms with van der Waals surface area (Å²) in [7, 11) is 0. The van der Waals surface area contributed by atoms with Crippen molar-refractivity contribution in [2.24, 2.45) is 0 Å². The van der Waals surface area contributed by atoms with E-state index in [4.69, 9.17) is 0 Å². The van der Waals surface area contributed by atoms with Crippen LogP contribution in [-0.2, 0) is 30.6 Å². The largest absolute Gasteiger partial charge is 0.356 e. The van der Waals surface area contributed by atoms with Crippen LogP contribution in [0.5, 0.6) is 0 Å². The van der Waals surface area contributed by atoms with Crippen molar-refractivity contribution in [1.29, 1.82) is 0 Å². The summed E-state index contributed by atoms with van der Waals surface area (Å²) in [4.78, 5) is 12.3. The molecule has 1 atom stereocenters. The third-order valence-electron chi connectivity index (χ3n) is 5.23. The maximum absolute atomic E-state index is 12.3. The standard InChI is InChI=1S/C19H24N4O/c24-19(16-13-14-7-3-4-8-15(14)16)20-11-6-10-18-22-21-17-9-2-1-5-12-23(17)18/h3-4,7-8,16H,1-2,5-6,9-13H2,(H,20,24). The number of carbonyl (C=O) groups excluding carboxylic acids is 1. The summed E-state index contributed by atoms with van der Waals surface area (Å²) in [6.07, 6.45) is 7.44. The Balaban J connectivity index is 1.26. The topological polar surface area (TPSA) is 59.8 Å². The molecule has 0 bridgehead atoms. The minimum Gasteiger partial charge on any atom is -0.356 e. The minimum atomic E-state index is 0.0468. The van der Waals surface area contributed by atoms with Crippen LogP contribution >= 0.6 is 0 Å². The molecule has 1 aromatic heterocycles. The maximum atomic E-state index is 12.3. The lowest BCUT2D eigenvalue weighted by atomic mass is 9.77. The van der Waals surface area contributed by atoms with Gasteiger partial charge in [-0.3, -0.25) is 4.79 Å². The van der Waals surface area contributed by atoms with Gasteiger partial charge in [0.1, 0.15) is 11.6 Å². The van der Waals surface area contributed by atoms with Crippen molar-refractivity contribution in [3.8, 4) is 0 Å². The molecule has 1 aliphatic heterocycles. The number of nitrogens with one attached hydrogen (secondary N) is 1. The van der Waals surface area contributed by atoms with Crippen molar-refractivity contribution < 1.29 is 4.79 Å². The summed E-state index contributed by atoms with van der Waals surface area (Å²) in [5.74, 6) is 2.42. The number of hydrogen-bond acceptors (Lipinski definition) is 3. The van der Waals surface area contributed by atoms with Crippen molar-refractivity contribution in [3.63, 3.8) is 0 Å². The maximum Gasteiger partial charge on any atom is 0.227 e. The van der Waals surface area contributed by atoms with Gasteiger partial charge in [-0.15, -0.1) is 10.2 Å². The quantitative estimate of drug-likeness (QED) is 0.859. The average molecular weight is 324 g/mol. The Hall–Kier alpha value is -2.17. The Morgan fingerprint density at radius 2 is 2.12 bits per heavy atom. The number of nitrogens with zero attached hydrogens (tertiary/aromatic N) is 3. The molecule has 1 aliphatic carbocycles. The Labute approximate surface area is 142 Å². The van der Waals surface area contributed by atoms with Crippen molar-refractivity contribution in [1.82, 2.24) is 20.1 Å². The lowest BCUT2D eigenvalue weighted by molar-refractivity contribution is -0.123. The van der Waals surface area contributed by atoms with E-state index in [1.54, 1.807) is 0 Å². The summed E-state index contributed by atoms with van der Waals surface area (Å²) in [6, 6.07) is 8.22. The summed E-state index contributed by atoms with van der Waals surface area (Å²) >= 11 is 0. The number of fused-ring (bicyclic) bond motifs is 2. The molecule has 0 radical (unpaired) electrons. The molecule has 126 valence electrons. The highest BCUT2D eigenvalue weighted by atomic mass is 16.1. The molecule has 0 fully saturated rings. The normalized spacial score (nSPS) is 18.9. The lowest BCUT2D eigenvalue weighted by Crippen LogP contribution is -2.36. The van der Waals surface area contributed by atoms with Crippen LogP contribution in [0.1, 0.15) is 54.4 Å². The second-order valence-electron chi connectivity index (χ2n) is 6.84. The van der Waals surface area contributed by atoms with E-state index in [-0.39, 0.29) is 11.8 Å². The number of benzene rings is 1.